The molecule has 0 atom stereocenters. The molecule has 0 aliphatic heterocycles. The minimum atomic E-state index is -1.19. The van der Waals surface area contributed by atoms with Gasteiger partial charge in [0, 0.05) is 12.4 Å². The fourth-order valence-corrected chi connectivity index (χ4v) is 3.72. The number of quaternary nitrogens is 1. The molecule has 2 N–H and O–H groups in total. The zero-order chi connectivity index (χ0) is 22.7. The van der Waals surface area contributed by atoms with Gasteiger partial charge in [-0.05, 0) is 32.1 Å². The second-order valence-electron chi connectivity index (χ2n) is 8.14. The lowest BCUT2D eigenvalue weighted by atomic mass is 10.1. The Morgan fingerprint density at radius 3 is 1.63 bits per heavy atom. The van der Waals surface area contributed by atoms with E-state index in [9.17, 15) is 19.5 Å². The molecule has 174 valence electrons. The van der Waals surface area contributed by atoms with Crippen LogP contribution in [-0.4, -0.2) is 58.8 Å². The average molecular weight is 428 g/mol. The van der Waals surface area contributed by atoms with E-state index in [1.165, 1.54) is 25.7 Å². The van der Waals surface area contributed by atoms with Crippen LogP contribution in [-0.2, 0) is 14.4 Å². The van der Waals surface area contributed by atoms with E-state index < -0.39 is 17.9 Å². The molecule has 0 bridgehead atoms. The number of nitrogens with zero attached hydrogens (tertiary/aromatic N) is 1. The number of carboxylic acids is 3. The molecule has 0 aromatic heterocycles. The van der Waals surface area contributed by atoms with Crippen molar-refractivity contribution < 1.29 is 34.2 Å². The van der Waals surface area contributed by atoms with Gasteiger partial charge in [-0.25, -0.2) is 0 Å². The van der Waals surface area contributed by atoms with Crippen molar-refractivity contribution in [2.45, 2.75) is 90.4 Å². The molecule has 0 radical (unpaired) electrons. The Bertz CT molecular complexity index is 472. The van der Waals surface area contributed by atoms with Gasteiger partial charge >= 0.3 is 11.9 Å². The van der Waals surface area contributed by atoms with Gasteiger partial charge in [0.25, 0.3) is 0 Å². The maximum atomic E-state index is 11.0. The van der Waals surface area contributed by atoms with Crippen LogP contribution in [0.4, 0.5) is 0 Å². The first-order valence-corrected chi connectivity index (χ1v) is 11.4. The summed E-state index contributed by atoms with van der Waals surface area (Å²) in [6.07, 6.45) is 15.4. The molecule has 0 rings (SSSR count). The van der Waals surface area contributed by atoms with E-state index >= 15 is 0 Å². The minimum absolute atomic E-state index is 0.0971. The molecule has 0 fully saturated rings. The fraction of sp³-hybridized carbons (Fsp3) is 0.783. The van der Waals surface area contributed by atoms with Crippen LogP contribution in [0, 0.1) is 0 Å². The molecule has 0 saturated heterocycles. The van der Waals surface area contributed by atoms with Crippen molar-refractivity contribution >= 4 is 17.9 Å². The standard InChI is InChI=1S/C23H41NO6/c1-2-3-4-5-6-7-8-9-10-11-12-13-17-24(18-14-21(25)26,19-15-22(27)28)20-16-23(29)30/h3-4H,2,5-20H2,1H3,(H2-,25,26,27,28,29,30)/b4-3+. The van der Waals surface area contributed by atoms with Crippen LogP contribution < -0.4 is 5.11 Å². The third kappa shape index (κ3) is 17.0. The van der Waals surface area contributed by atoms with Crippen molar-refractivity contribution in [3.05, 3.63) is 12.2 Å². The molecule has 0 aliphatic rings. The summed E-state index contributed by atoms with van der Waals surface area (Å²) in [5.74, 6) is -3.09. The molecule has 0 spiro atoms. The fourth-order valence-electron chi connectivity index (χ4n) is 3.72. The Balaban J connectivity index is 4.33. The largest absolute Gasteiger partial charge is 0.550 e. The third-order valence-electron chi connectivity index (χ3n) is 5.55. The highest BCUT2D eigenvalue weighted by Crippen LogP contribution is 2.16. The van der Waals surface area contributed by atoms with Crippen molar-refractivity contribution in [1.29, 1.82) is 0 Å². The van der Waals surface area contributed by atoms with E-state index in [1.54, 1.807) is 0 Å². The van der Waals surface area contributed by atoms with Crippen LogP contribution in [0.5, 0.6) is 0 Å². The normalized spacial score (nSPS) is 11.8. The second-order valence-corrected chi connectivity index (χ2v) is 8.14. The molecule has 0 saturated carbocycles. The molecule has 0 amide bonds. The number of carbonyl (C=O) groups excluding carboxylic acids is 1. The van der Waals surface area contributed by atoms with Gasteiger partial charge in [0.2, 0.25) is 0 Å². The van der Waals surface area contributed by atoms with E-state index in [1.807, 2.05) is 0 Å². The van der Waals surface area contributed by atoms with Gasteiger partial charge in [-0.3, -0.25) is 9.59 Å². The topological polar surface area (TPSA) is 115 Å². The molecular formula is C23H41NO6. The number of carbonyl (C=O) groups is 3. The quantitative estimate of drug-likeness (QED) is 0.165. The minimum Gasteiger partial charge on any atom is -0.550 e. The number of carboxylic acid groups (broad SMARTS) is 3. The predicted molar refractivity (Wildman–Crippen MR) is 115 cm³/mol. The van der Waals surface area contributed by atoms with Crippen LogP contribution >= 0.6 is 0 Å². The van der Waals surface area contributed by atoms with E-state index in [4.69, 9.17) is 10.2 Å². The first kappa shape index (κ1) is 28.1. The summed E-state index contributed by atoms with van der Waals surface area (Å²) >= 11 is 0. The Morgan fingerprint density at radius 2 is 1.17 bits per heavy atom. The highest BCUT2D eigenvalue weighted by Gasteiger charge is 2.28. The van der Waals surface area contributed by atoms with Crippen LogP contribution in [0.15, 0.2) is 12.2 Å². The summed E-state index contributed by atoms with van der Waals surface area (Å²) in [4.78, 5) is 33.0. The van der Waals surface area contributed by atoms with Crippen molar-refractivity contribution in [2.24, 2.45) is 0 Å². The third-order valence-corrected chi connectivity index (χ3v) is 5.55. The SMILES string of the molecule is CC/C=C/CCCCCCCCCC[N+](CCC(=O)[O-])(CCC(=O)O)CCC(=O)O. The Hall–Kier alpha value is -1.89. The number of hydrogen-bond donors (Lipinski definition) is 2. The lowest BCUT2D eigenvalue weighted by Gasteiger charge is -2.38. The number of hydrogen-bond acceptors (Lipinski definition) is 4. The van der Waals surface area contributed by atoms with E-state index in [0.717, 1.165) is 38.5 Å². The zero-order valence-electron chi connectivity index (χ0n) is 18.7. The smallest absolute Gasteiger partial charge is 0.309 e. The summed E-state index contributed by atoms with van der Waals surface area (Å²) in [7, 11) is 0. The maximum absolute atomic E-state index is 11.0. The molecule has 7 nitrogen and oxygen atoms in total. The summed E-state index contributed by atoms with van der Waals surface area (Å²) in [6.45, 7) is 3.47. The van der Waals surface area contributed by atoms with Crippen molar-refractivity contribution in [2.75, 3.05) is 26.2 Å². The van der Waals surface area contributed by atoms with E-state index in [-0.39, 0.29) is 43.4 Å². The predicted octanol–water partition coefficient (Wildman–Crippen LogP) is 3.37. The molecule has 7 heteroatoms. The van der Waals surface area contributed by atoms with Gasteiger partial charge in [-0.2, -0.15) is 0 Å². The molecule has 0 aliphatic carbocycles. The Morgan fingerprint density at radius 1 is 0.700 bits per heavy atom. The molecule has 30 heavy (non-hydrogen) atoms. The van der Waals surface area contributed by atoms with E-state index in [0.29, 0.717) is 6.54 Å². The summed E-state index contributed by atoms with van der Waals surface area (Å²) < 4.78 is 0.220. The lowest BCUT2D eigenvalue weighted by Crippen LogP contribution is -2.53. The average Bonchev–Trinajstić information content (AvgIpc) is 2.69. The number of aliphatic carboxylic acids is 3. The highest BCUT2D eigenvalue weighted by atomic mass is 16.4. The Kier molecular flexibility index (Phi) is 16.8. The molecule has 0 aromatic rings. The van der Waals surface area contributed by atoms with Gasteiger partial charge in [0.05, 0.1) is 39.0 Å². The van der Waals surface area contributed by atoms with Crippen molar-refractivity contribution in [1.82, 2.24) is 0 Å². The van der Waals surface area contributed by atoms with E-state index in [2.05, 4.69) is 19.1 Å². The number of allylic oxidation sites excluding steroid dienone is 2. The molecule has 0 aromatic carbocycles. The van der Waals surface area contributed by atoms with Crippen LogP contribution in [0.3, 0.4) is 0 Å². The molecular weight excluding hydrogens is 386 g/mol. The van der Waals surface area contributed by atoms with Crippen LogP contribution in [0.1, 0.15) is 90.4 Å². The Labute approximate surface area is 181 Å². The lowest BCUT2D eigenvalue weighted by molar-refractivity contribution is -0.927. The number of rotatable bonds is 21. The van der Waals surface area contributed by atoms with Gasteiger partial charge < -0.3 is 24.6 Å². The second kappa shape index (κ2) is 17.9. The summed E-state index contributed by atoms with van der Waals surface area (Å²) in [5.41, 5.74) is 0. The monoisotopic (exact) mass is 427 g/mol. The van der Waals surface area contributed by atoms with Gasteiger partial charge in [0.15, 0.2) is 0 Å². The van der Waals surface area contributed by atoms with Crippen LogP contribution in [0.25, 0.3) is 0 Å². The maximum Gasteiger partial charge on any atom is 0.309 e. The molecule has 0 heterocycles. The van der Waals surface area contributed by atoms with Gasteiger partial charge in [0.1, 0.15) is 0 Å². The highest BCUT2D eigenvalue weighted by molar-refractivity contribution is 5.67. The van der Waals surface area contributed by atoms with Gasteiger partial charge in [-0.15, -0.1) is 0 Å². The van der Waals surface area contributed by atoms with Crippen molar-refractivity contribution in [3.63, 3.8) is 0 Å². The van der Waals surface area contributed by atoms with Crippen molar-refractivity contribution in [3.8, 4) is 0 Å². The molecule has 0 unspecified atom stereocenters. The van der Waals surface area contributed by atoms with Gasteiger partial charge in [-0.1, -0.05) is 51.2 Å². The summed E-state index contributed by atoms with van der Waals surface area (Å²) in [5, 5.41) is 29.0. The first-order chi connectivity index (χ1) is 14.3. The summed E-state index contributed by atoms with van der Waals surface area (Å²) in [6, 6.07) is 0. The number of unbranched alkanes of at least 4 members (excludes halogenated alkanes) is 8. The van der Waals surface area contributed by atoms with Crippen LogP contribution in [0.2, 0.25) is 0 Å². The first-order valence-electron chi connectivity index (χ1n) is 11.4. The zero-order valence-corrected chi connectivity index (χ0v) is 18.7.